The fraction of sp³-hybridized carbons (Fsp3) is 0.0435. The van der Waals surface area contributed by atoms with Gasteiger partial charge in [0.05, 0.1) is 4.91 Å². The third kappa shape index (κ3) is 5.05. The topological polar surface area (TPSA) is 38.3 Å². The summed E-state index contributed by atoms with van der Waals surface area (Å²) in [4.78, 5) is 12.7. The number of carbonyl (C=O) groups excluding carboxylic acids is 1. The van der Waals surface area contributed by atoms with Gasteiger partial charge in [0.25, 0.3) is 5.91 Å². The van der Waals surface area contributed by atoms with Crippen molar-refractivity contribution in [1.82, 2.24) is 5.32 Å². The van der Waals surface area contributed by atoms with Gasteiger partial charge in [0.2, 0.25) is 0 Å². The Morgan fingerprint density at radius 3 is 2.37 bits per heavy atom. The molecule has 0 unspecified atom stereocenters. The first-order valence-corrected chi connectivity index (χ1v) is 11.0. The van der Waals surface area contributed by atoms with Crippen molar-refractivity contribution < 1.29 is 9.53 Å². The monoisotopic (exact) mass is 471 g/mol. The van der Waals surface area contributed by atoms with Crippen LogP contribution in [0.15, 0.2) is 71.6 Å². The van der Waals surface area contributed by atoms with E-state index < -0.39 is 0 Å². The van der Waals surface area contributed by atoms with E-state index >= 15 is 0 Å². The molecule has 0 saturated carbocycles. The Labute approximate surface area is 194 Å². The third-order valence-corrected chi connectivity index (χ3v) is 5.97. The number of hydrogen-bond acceptors (Lipinski definition) is 4. The second kappa shape index (κ2) is 9.23. The van der Waals surface area contributed by atoms with Gasteiger partial charge in [-0.1, -0.05) is 83.6 Å². The predicted octanol–water partition coefficient (Wildman–Crippen LogP) is 6.73. The molecule has 7 heteroatoms. The molecule has 4 rings (SSSR count). The van der Waals surface area contributed by atoms with Gasteiger partial charge in [0.15, 0.2) is 0 Å². The van der Waals surface area contributed by atoms with E-state index in [1.807, 2.05) is 60.7 Å². The van der Waals surface area contributed by atoms with Crippen LogP contribution >= 0.6 is 47.2 Å². The highest BCUT2D eigenvalue weighted by molar-refractivity contribution is 8.26. The molecule has 3 nitrogen and oxygen atoms in total. The van der Waals surface area contributed by atoms with Crippen LogP contribution in [0.3, 0.4) is 0 Å². The van der Waals surface area contributed by atoms with Gasteiger partial charge in [-0.15, -0.1) is 0 Å². The van der Waals surface area contributed by atoms with Gasteiger partial charge in [0, 0.05) is 15.6 Å². The molecule has 3 aromatic rings. The predicted molar refractivity (Wildman–Crippen MR) is 129 cm³/mol. The number of benzene rings is 3. The van der Waals surface area contributed by atoms with Gasteiger partial charge in [-0.2, -0.15) is 0 Å². The molecule has 3 aromatic carbocycles. The summed E-state index contributed by atoms with van der Waals surface area (Å²) < 4.78 is 6.50. The highest BCUT2D eigenvalue weighted by Gasteiger charge is 2.22. The number of halogens is 2. The van der Waals surface area contributed by atoms with Crippen LogP contribution < -0.4 is 10.1 Å². The average Bonchev–Trinajstić information content (AvgIpc) is 3.03. The maximum atomic E-state index is 12.2. The van der Waals surface area contributed by atoms with Crippen LogP contribution in [0.25, 0.3) is 17.2 Å². The zero-order valence-electron chi connectivity index (χ0n) is 15.5. The first-order chi connectivity index (χ1) is 14.5. The lowest BCUT2D eigenvalue weighted by Gasteiger charge is -2.12. The molecule has 1 fully saturated rings. The van der Waals surface area contributed by atoms with E-state index in [1.54, 1.807) is 12.1 Å². The van der Waals surface area contributed by atoms with E-state index in [0.717, 1.165) is 22.3 Å². The Hall–Kier alpha value is -2.31. The van der Waals surface area contributed by atoms with Crippen molar-refractivity contribution in [2.45, 2.75) is 6.61 Å². The minimum atomic E-state index is -0.213. The number of nitrogens with one attached hydrogen (secondary N) is 1. The molecule has 150 valence electrons. The van der Waals surface area contributed by atoms with Gasteiger partial charge < -0.3 is 10.1 Å². The third-order valence-electron chi connectivity index (χ3n) is 4.37. The van der Waals surface area contributed by atoms with E-state index in [9.17, 15) is 4.79 Å². The van der Waals surface area contributed by atoms with Crippen molar-refractivity contribution in [3.8, 4) is 16.9 Å². The SMILES string of the molecule is O=C1NC(=S)S/C1=C\c1cc(-c2cc(Cl)cc(Cl)c2)ccc1OCc1ccccc1. The Balaban J connectivity index is 1.72. The minimum Gasteiger partial charge on any atom is -0.488 e. The standard InChI is InChI=1S/C23H15Cl2NO2S2/c24-18-9-16(10-19(25)12-18)15-6-7-20(28-13-14-4-2-1-3-5-14)17(8-15)11-21-22(27)26-23(29)30-21/h1-12H,13H2,(H,26,27,29)/b21-11-. The summed E-state index contributed by atoms with van der Waals surface area (Å²) >= 11 is 18.7. The lowest BCUT2D eigenvalue weighted by molar-refractivity contribution is -0.115. The summed E-state index contributed by atoms with van der Waals surface area (Å²) in [7, 11) is 0. The van der Waals surface area contributed by atoms with Crippen molar-refractivity contribution in [2.24, 2.45) is 0 Å². The summed E-state index contributed by atoms with van der Waals surface area (Å²) in [6.07, 6.45) is 1.79. The number of amides is 1. The van der Waals surface area contributed by atoms with Gasteiger partial charge in [-0.05, 0) is 53.1 Å². The zero-order valence-corrected chi connectivity index (χ0v) is 18.7. The molecule has 1 N–H and O–H groups in total. The molecule has 0 aromatic heterocycles. The van der Waals surface area contributed by atoms with Crippen LogP contribution in [0.5, 0.6) is 5.75 Å². The lowest BCUT2D eigenvalue weighted by Crippen LogP contribution is -2.17. The summed E-state index contributed by atoms with van der Waals surface area (Å²) in [5.41, 5.74) is 3.60. The van der Waals surface area contributed by atoms with E-state index in [0.29, 0.717) is 31.6 Å². The number of ether oxygens (including phenoxy) is 1. The first-order valence-electron chi connectivity index (χ1n) is 9.00. The molecule has 1 heterocycles. The summed E-state index contributed by atoms with van der Waals surface area (Å²) in [5, 5.41) is 3.74. The quantitative estimate of drug-likeness (QED) is 0.330. The Kier molecular flexibility index (Phi) is 6.44. The number of hydrogen-bond donors (Lipinski definition) is 1. The summed E-state index contributed by atoms with van der Waals surface area (Å²) in [6, 6.07) is 21.0. The highest BCUT2D eigenvalue weighted by Crippen LogP contribution is 2.34. The van der Waals surface area contributed by atoms with Crippen LogP contribution in [0.2, 0.25) is 10.0 Å². The smallest absolute Gasteiger partial charge is 0.263 e. The highest BCUT2D eigenvalue weighted by atomic mass is 35.5. The number of thioether (sulfide) groups is 1. The minimum absolute atomic E-state index is 0.213. The molecule has 1 amide bonds. The van der Waals surface area contributed by atoms with Crippen molar-refractivity contribution >= 4 is 63.5 Å². The average molecular weight is 472 g/mol. The van der Waals surface area contributed by atoms with Crippen molar-refractivity contribution in [3.63, 3.8) is 0 Å². The summed E-state index contributed by atoms with van der Waals surface area (Å²) in [5.74, 6) is 0.449. The Bertz CT molecular complexity index is 1140. The molecular weight excluding hydrogens is 457 g/mol. The van der Waals surface area contributed by atoms with E-state index in [1.165, 1.54) is 11.8 Å². The fourth-order valence-electron chi connectivity index (χ4n) is 2.99. The van der Waals surface area contributed by atoms with Crippen LogP contribution in [0, 0.1) is 0 Å². The van der Waals surface area contributed by atoms with E-state index in [-0.39, 0.29) is 5.91 Å². The molecule has 0 aliphatic carbocycles. The zero-order chi connectivity index (χ0) is 21.1. The van der Waals surface area contributed by atoms with Gasteiger partial charge in [-0.25, -0.2) is 0 Å². The second-order valence-corrected chi connectivity index (χ2v) is 9.13. The largest absolute Gasteiger partial charge is 0.488 e. The molecular formula is C23H15Cl2NO2S2. The van der Waals surface area contributed by atoms with Gasteiger partial charge >= 0.3 is 0 Å². The molecule has 0 bridgehead atoms. The first kappa shape index (κ1) is 20.9. The summed E-state index contributed by atoms with van der Waals surface area (Å²) in [6.45, 7) is 0.414. The molecule has 1 saturated heterocycles. The molecule has 30 heavy (non-hydrogen) atoms. The number of rotatable bonds is 5. The Morgan fingerprint density at radius 2 is 1.70 bits per heavy atom. The molecule has 1 aliphatic heterocycles. The van der Waals surface area contributed by atoms with Crippen LogP contribution in [-0.2, 0) is 11.4 Å². The number of thiocarbonyl (C=S) groups is 1. The van der Waals surface area contributed by atoms with E-state index in [4.69, 9.17) is 40.2 Å². The normalized spacial score (nSPS) is 14.8. The molecule has 0 spiro atoms. The lowest BCUT2D eigenvalue weighted by atomic mass is 10.0. The van der Waals surface area contributed by atoms with Crippen molar-refractivity contribution in [2.75, 3.05) is 0 Å². The van der Waals surface area contributed by atoms with Crippen molar-refractivity contribution in [1.29, 1.82) is 0 Å². The van der Waals surface area contributed by atoms with Crippen LogP contribution in [0.4, 0.5) is 0 Å². The van der Waals surface area contributed by atoms with E-state index in [2.05, 4.69) is 5.32 Å². The number of carbonyl (C=O) groups is 1. The molecule has 0 radical (unpaired) electrons. The second-order valence-electron chi connectivity index (χ2n) is 6.54. The van der Waals surface area contributed by atoms with Crippen LogP contribution in [-0.4, -0.2) is 10.2 Å². The maximum Gasteiger partial charge on any atom is 0.263 e. The van der Waals surface area contributed by atoms with Crippen LogP contribution in [0.1, 0.15) is 11.1 Å². The van der Waals surface area contributed by atoms with Gasteiger partial charge in [0.1, 0.15) is 16.7 Å². The van der Waals surface area contributed by atoms with Crippen molar-refractivity contribution in [3.05, 3.63) is 92.8 Å². The Morgan fingerprint density at radius 1 is 0.967 bits per heavy atom. The maximum absolute atomic E-state index is 12.2. The molecule has 1 aliphatic rings. The fourth-order valence-corrected chi connectivity index (χ4v) is 4.55. The molecule has 0 atom stereocenters. The van der Waals surface area contributed by atoms with Gasteiger partial charge in [-0.3, -0.25) is 4.79 Å².